The van der Waals surface area contributed by atoms with Gasteiger partial charge in [0.2, 0.25) is 5.91 Å². The van der Waals surface area contributed by atoms with Gasteiger partial charge in [-0.25, -0.2) is 8.42 Å². The molecular weight excluding hydrogens is 314 g/mol. The number of ether oxygens (including phenoxy) is 1. The highest BCUT2D eigenvalue weighted by molar-refractivity contribution is 8.13. The molecule has 1 aliphatic rings. The maximum absolute atomic E-state index is 12.2. The number of nitrogens with one attached hydrogen (secondary N) is 1. The first kappa shape index (κ1) is 16.3. The van der Waals surface area contributed by atoms with Crippen molar-refractivity contribution in [2.24, 2.45) is 5.92 Å². The predicted molar refractivity (Wildman–Crippen MR) is 81.0 cm³/mol. The first-order valence-corrected chi connectivity index (χ1v) is 9.11. The summed E-state index contributed by atoms with van der Waals surface area (Å²) in [7, 11) is 1.56. The van der Waals surface area contributed by atoms with E-state index in [2.05, 4.69) is 5.32 Å². The number of rotatable bonds is 4. The Morgan fingerprint density at radius 2 is 2.19 bits per heavy atom. The number of aryl methyl sites for hydroxylation is 1. The highest BCUT2D eigenvalue weighted by atomic mass is 35.7. The van der Waals surface area contributed by atoms with Crippen LogP contribution in [-0.4, -0.2) is 27.0 Å². The molecule has 2 rings (SSSR count). The van der Waals surface area contributed by atoms with Crippen molar-refractivity contribution in [1.82, 2.24) is 0 Å². The molecule has 1 N–H and O–H groups in total. The van der Waals surface area contributed by atoms with E-state index in [1.54, 1.807) is 13.0 Å². The van der Waals surface area contributed by atoms with Crippen LogP contribution in [0.3, 0.4) is 0 Å². The van der Waals surface area contributed by atoms with Gasteiger partial charge in [0.05, 0.1) is 16.9 Å². The van der Waals surface area contributed by atoms with Crippen LogP contribution in [0.15, 0.2) is 23.1 Å². The Bertz CT molecular complexity index is 644. The summed E-state index contributed by atoms with van der Waals surface area (Å²) in [6.07, 6.45) is 1.45. The minimum absolute atomic E-state index is 0.0476. The molecule has 5 nitrogen and oxygen atoms in total. The monoisotopic (exact) mass is 331 g/mol. The number of benzene rings is 1. The fourth-order valence-corrected chi connectivity index (χ4v) is 3.78. The third-order valence-corrected chi connectivity index (χ3v) is 5.14. The smallest absolute Gasteiger partial charge is 0.261 e. The van der Waals surface area contributed by atoms with Crippen molar-refractivity contribution in [3.05, 3.63) is 23.8 Å². The highest BCUT2D eigenvalue weighted by Crippen LogP contribution is 2.26. The van der Waals surface area contributed by atoms with Crippen LogP contribution in [-0.2, 0) is 18.6 Å². The molecule has 0 radical (unpaired) electrons. The molecular formula is C14H18ClNO4S. The molecule has 0 bridgehead atoms. The Balaban J connectivity index is 2.13. The molecule has 0 aromatic heterocycles. The molecule has 21 heavy (non-hydrogen) atoms. The second-order valence-corrected chi connectivity index (χ2v) is 7.65. The third-order valence-electron chi connectivity index (χ3n) is 3.65. The van der Waals surface area contributed by atoms with Gasteiger partial charge in [-0.3, -0.25) is 4.79 Å². The quantitative estimate of drug-likeness (QED) is 0.861. The fourth-order valence-electron chi connectivity index (χ4n) is 2.59. The lowest BCUT2D eigenvalue weighted by Crippen LogP contribution is -2.29. The van der Waals surface area contributed by atoms with Gasteiger partial charge in [0.1, 0.15) is 0 Å². The van der Waals surface area contributed by atoms with E-state index >= 15 is 0 Å². The normalized spacial score (nSPS) is 22.2. The summed E-state index contributed by atoms with van der Waals surface area (Å²) in [6.45, 7) is 4.22. The summed E-state index contributed by atoms with van der Waals surface area (Å²) >= 11 is 0. The van der Waals surface area contributed by atoms with Crippen LogP contribution in [0.2, 0.25) is 0 Å². The molecule has 1 saturated heterocycles. The van der Waals surface area contributed by atoms with Gasteiger partial charge in [-0.2, -0.15) is 0 Å². The first-order valence-electron chi connectivity index (χ1n) is 6.80. The van der Waals surface area contributed by atoms with E-state index in [4.69, 9.17) is 15.4 Å². The summed E-state index contributed by atoms with van der Waals surface area (Å²) in [5, 5.41) is 2.81. The van der Waals surface area contributed by atoms with E-state index in [0.29, 0.717) is 24.3 Å². The molecule has 1 aliphatic heterocycles. The molecule has 1 fully saturated rings. The van der Waals surface area contributed by atoms with Crippen LogP contribution in [0.1, 0.15) is 25.3 Å². The zero-order valence-electron chi connectivity index (χ0n) is 11.9. The Labute approximate surface area is 129 Å². The molecule has 0 aliphatic carbocycles. The lowest BCUT2D eigenvalue weighted by molar-refractivity contribution is -0.121. The number of carbonyl (C=O) groups is 1. The lowest BCUT2D eigenvalue weighted by atomic mass is 9.98. The summed E-state index contributed by atoms with van der Waals surface area (Å²) < 4.78 is 28.2. The molecule has 1 heterocycles. The van der Waals surface area contributed by atoms with Crippen molar-refractivity contribution in [2.45, 2.75) is 37.7 Å². The van der Waals surface area contributed by atoms with Crippen molar-refractivity contribution in [3.8, 4) is 0 Å². The predicted octanol–water partition coefficient (Wildman–Crippen LogP) is 2.68. The SMILES string of the molecule is CCC1OCCC1C(=O)Nc1ccc(S(=O)(=O)Cl)c(C)c1. The molecule has 1 aromatic carbocycles. The molecule has 2 atom stereocenters. The van der Waals surface area contributed by atoms with Crippen molar-refractivity contribution in [1.29, 1.82) is 0 Å². The van der Waals surface area contributed by atoms with Crippen molar-refractivity contribution in [2.75, 3.05) is 11.9 Å². The second-order valence-electron chi connectivity index (χ2n) is 5.12. The minimum Gasteiger partial charge on any atom is -0.377 e. The lowest BCUT2D eigenvalue weighted by Gasteiger charge is -2.16. The van der Waals surface area contributed by atoms with E-state index in [9.17, 15) is 13.2 Å². The maximum Gasteiger partial charge on any atom is 0.261 e. The van der Waals surface area contributed by atoms with Gasteiger partial charge < -0.3 is 10.1 Å². The molecule has 116 valence electrons. The van der Waals surface area contributed by atoms with E-state index in [1.165, 1.54) is 12.1 Å². The van der Waals surface area contributed by atoms with Crippen LogP contribution in [0, 0.1) is 12.8 Å². The Morgan fingerprint density at radius 1 is 1.48 bits per heavy atom. The van der Waals surface area contributed by atoms with E-state index in [0.717, 1.165) is 6.42 Å². The topological polar surface area (TPSA) is 72.5 Å². The van der Waals surface area contributed by atoms with E-state index in [-0.39, 0.29) is 22.8 Å². The highest BCUT2D eigenvalue weighted by Gasteiger charge is 2.32. The van der Waals surface area contributed by atoms with Gasteiger partial charge in [-0.1, -0.05) is 6.92 Å². The molecule has 2 unspecified atom stereocenters. The Kier molecular flexibility index (Phi) is 4.91. The van der Waals surface area contributed by atoms with Crippen LogP contribution in [0.5, 0.6) is 0 Å². The minimum atomic E-state index is -3.77. The van der Waals surface area contributed by atoms with Gasteiger partial charge in [-0.15, -0.1) is 0 Å². The van der Waals surface area contributed by atoms with Gasteiger partial charge in [-0.05, 0) is 43.5 Å². The number of hydrogen-bond donors (Lipinski definition) is 1. The van der Waals surface area contributed by atoms with Gasteiger partial charge >= 0.3 is 0 Å². The molecule has 0 saturated carbocycles. The van der Waals surface area contributed by atoms with Gasteiger partial charge in [0.25, 0.3) is 9.05 Å². The number of halogens is 1. The van der Waals surface area contributed by atoms with Gasteiger partial charge in [0, 0.05) is 23.0 Å². The standard InChI is InChI=1S/C14H18ClNO4S/c1-3-12-11(6-7-20-12)14(17)16-10-4-5-13(9(2)8-10)21(15,18)19/h4-5,8,11-12H,3,6-7H2,1-2H3,(H,16,17). The zero-order chi connectivity index (χ0) is 15.6. The zero-order valence-corrected chi connectivity index (χ0v) is 13.5. The van der Waals surface area contributed by atoms with E-state index < -0.39 is 9.05 Å². The average molecular weight is 332 g/mol. The molecule has 1 amide bonds. The van der Waals surface area contributed by atoms with Crippen molar-refractivity contribution < 1.29 is 17.9 Å². The molecule has 1 aromatic rings. The molecule has 7 heteroatoms. The summed E-state index contributed by atoms with van der Waals surface area (Å²) in [5.74, 6) is -0.257. The summed E-state index contributed by atoms with van der Waals surface area (Å²) in [6, 6.07) is 4.54. The number of amides is 1. The van der Waals surface area contributed by atoms with Crippen LogP contribution in [0.25, 0.3) is 0 Å². The number of anilines is 1. The maximum atomic E-state index is 12.2. The van der Waals surface area contributed by atoms with Crippen LogP contribution < -0.4 is 5.32 Å². The van der Waals surface area contributed by atoms with Crippen LogP contribution in [0.4, 0.5) is 5.69 Å². The summed E-state index contributed by atoms with van der Waals surface area (Å²) in [5.41, 5.74) is 1.06. The second kappa shape index (κ2) is 6.34. The average Bonchev–Trinajstić information content (AvgIpc) is 2.85. The van der Waals surface area contributed by atoms with Crippen molar-refractivity contribution >= 4 is 31.3 Å². The Hall–Kier alpha value is -1.11. The largest absolute Gasteiger partial charge is 0.377 e. The third kappa shape index (κ3) is 3.75. The van der Waals surface area contributed by atoms with E-state index in [1.807, 2.05) is 6.92 Å². The molecule has 0 spiro atoms. The number of hydrogen-bond acceptors (Lipinski definition) is 4. The van der Waals surface area contributed by atoms with Crippen molar-refractivity contribution in [3.63, 3.8) is 0 Å². The Morgan fingerprint density at radius 3 is 2.76 bits per heavy atom. The summed E-state index contributed by atoms with van der Waals surface area (Å²) in [4.78, 5) is 12.3. The van der Waals surface area contributed by atoms with Crippen LogP contribution >= 0.6 is 10.7 Å². The fraction of sp³-hybridized carbons (Fsp3) is 0.500. The number of carbonyl (C=O) groups excluding carboxylic acids is 1. The first-order chi connectivity index (χ1) is 9.82. The van der Waals surface area contributed by atoms with Gasteiger partial charge in [0.15, 0.2) is 0 Å².